The summed E-state index contributed by atoms with van der Waals surface area (Å²) in [5, 5.41) is 15.4. The highest BCUT2D eigenvalue weighted by Gasteiger charge is 2.16. The zero-order valence-electron chi connectivity index (χ0n) is 20.5. The lowest BCUT2D eigenvalue weighted by molar-refractivity contribution is -0.118. The minimum Gasteiger partial charge on any atom is -0.490 e. The highest BCUT2D eigenvalue weighted by atomic mass is 127. The number of nitrogens with one attached hydrogen (secondary N) is 2. The Hall–Kier alpha value is -3.55. The molecule has 190 valence electrons. The average Bonchev–Trinajstić information content (AvgIpc) is 2.85. The molecule has 0 radical (unpaired) electrons. The van der Waals surface area contributed by atoms with Crippen molar-refractivity contribution in [1.29, 1.82) is 5.26 Å². The summed E-state index contributed by atoms with van der Waals surface area (Å²) in [5.74, 6) is -0.109. The van der Waals surface area contributed by atoms with Crippen molar-refractivity contribution in [3.63, 3.8) is 0 Å². The normalized spacial score (nSPS) is 10.9. The van der Waals surface area contributed by atoms with Crippen molar-refractivity contribution in [3.05, 3.63) is 85.5 Å². The van der Waals surface area contributed by atoms with E-state index in [0.717, 1.165) is 16.8 Å². The maximum Gasteiger partial charge on any atom is 0.266 e. The lowest BCUT2D eigenvalue weighted by Crippen LogP contribution is -2.21. The molecule has 0 unspecified atom stereocenters. The predicted molar refractivity (Wildman–Crippen MR) is 154 cm³/mol. The van der Waals surface area contributed by atoms with Crippen LogP contribution in [0.3, 0.4) is 0 Å². The van der Waals surface area contributed by atoms with Crippen LogP contribution in [0.4, 0.5) is 11.4 Å². The first-order valence-electron chi connectivity index (χ1n) is 11.4. The second-order valence-corrected chi connectivity index (χ2v) is 9.59. The minimum atomic E-state index is -0.591. The van der Waals surface area contributed by atoms with Gasteiger partial charge in [0, 0.05) is 5.69 Å². The largest absolute Gasteiger partial charge is 0.490 e. The number of carbonyl (C=O) groups is 2. The number of benzene rings is 3. The molecule has 0 aliphatic carbocycles. The van der Waals surface area contributed by atoms with Crippen LogP contribution >= 0.6 is 34.2 Å². The number of hydrogen-bond acceptors (Lipinski definition) is 5. The molecule has 2 N–H and O–H groups in total. The van der Waals surface area contributed by atoms with Gasteiger partial charge in [-0.1, -0.05) is 41.4 Å². The van der Waals surface area contributed by atoms with Gasteiger partial charge in [0.05, 0.1) is 20.9 Å². The third kappa shape index (κ3) is 7.71. The molecule has 0 aromatic heterocycles. The van der Waals surface area contributed by atoms with Gasteiger partial charge in [-0.05, 0) is 90.9 Å². The Labute approximate surface area is 234 Å². The van der Waals surface area contributed by atoms with Crippen molar-refractivity contribution in [2.24, 2.45) is 0 Å². The molecule has 0 spiro atoms. The van der Waals surface area contributed by atoms with Crippen molar-refractivity contribution in [1.82, 2.24) is 0 Å². The number of aryl methyl sites for hydroxylation is 2. The van der Waals surface area contributed by atoms with E-state index >= 15 is 0 Å². The average molecular weight is 630 g/mol. The molecule has 0 bridgehead atoms. The van der Waals surface area contributed by atoms with Gasteiger partial charge in [0.1, 0.15) is 11.6 Å². The van der Waals surface area contributed by atoms with Crippen molar-refractivity contribution in [3.8, 4) is 17.6 Å². The molecule has 9 heteroatoms. The summed E-state index contributed by atoms with van der Waals surface area (Å²) in [5.41, 5.74) is 3.64. The van der Waals surface area contributed by atoms with Crippen LogP contribution in [0.15, 0.2) is 60.2 Å². The van der Waals surface area contributed by atoms with Gasteiger partial charge in [-0.3, -0.25) is 9.59 Å². The van der Waals surface area contributed by atoms with Gasteiger partial charge in [0.25, 0.3) is 11.8 Å². The number of amides is 2. The summed E-state index contributed by atoms with van der Waals surface area (Å²) in [6.45, 7) is 5.87. The van der Waals surface area contributed by atoms with Crippen LogP contribution in [0.5, 0.6) is 11.5 Å². The Bertz CT molecular complexity index is 1400. The lowest BCUT2D eigenvalue weighted by Gasteiger charge is -2.15. The van der Waals surface area contributed by atoms with Gasteiger partial charge in [0.2, 0.25) is 0 Å². The van der Waals surface area contributed by atoms with Crippen molar-refractivity contribution < 1.29 is 19.1 Å². The van der Waals surface area contributed by atoms with Crippen LogP contribution in [-0.2, 0) is 9.59 Å². The molecule has 2 amide bonds. The monoisotopic (exact) mass is 629 g/mol. The molecule has 0 saturated carbocycles. The number of halogens is 2. The van der Waals surface area contributed by atoms with E-state index in [1.165, 1.54) is 6.08 Å². The number of nitriles is 1. The van der Waals surface area contributed by atoms with Gasteiger partial charge < -0.3 is 20.1 Å². The predicted octanol–water partition coefficient (Wildman–Crippen LogP) is 6.52. The topological polar surface area (TPSA) is 100 Å². The van der Waals surface area contributed by atoms with Gasteiger partial charge >= 0.3 is 0 Å². The van der Waals surface area contributed by atoms with Crippen LogP contribution in [0.1, 0.15) is 23.6 Å². The number of hydrogen-bond donors (Lipinski definition) is 2. The molecule has 0 atom stereocenters. The van der Waals surface area contributed by atoms with E-state index < -0.39 is 5.91 Å². The third-order valence-electron chi connectivity index (χ3n) is 5.13. The minimum absolute atomic E-state index is 0.111. The van der Waals surface area contributed by atoms with Gasteiger partial charge in [-0.2, -0.15) is 5.26 Å². The third-order valence-corrected chi connectivity index (χ3v) is 6.26. The number of para-hydroxylation sites is 1. The number of rotatable bonds is 9. The molecule has 0 fully saturated rings. The Morgan fingerprint density at radius 1 is 1.05 bits per heavy atom. The van der Waals surface area contributed by atoms with Crippen LogP contribution in [0.25, 0.3) is 6.08 Å². The molecule has 0 aliphatic heterocycles. The van der Waals surface area contributed by atoms with E-state index in [4.69, 9.17) is 21.1 Å². The second kappa shape index (κ2) is 13.1. The van der Waals surface area contributed by atoms with Crippen LogP contribution in [0, 0.1) is 28.7 Å². The second-order valence-electron chi connectivity index (χ2n) is 8.02. The summed E-state index contributed by atoms with van der Waals surface area (Å²) in [6, 6.07) is 17.9. The summed E-state index contributed by atoms with van der Waals surface area (Å²) in [7, 11) is 0. The fourth-order valence-electron chi connectivity index (χ4n) is 3.42. The molecule has 3 aromatic rings. The first kappa shape index (κ1) is 28.0. The molecule has 0 aliphatic rings. The highest BCUT2D eigenvalue weighted by molar-refractivity contribution is 14.1. The standard InChI is InChI=1S/C28H25ClIN3O4/c1-4-36-25-14-19(12-20(15-31)28(35)33-24-8-6-5-7-21(24)29)13-22(30)27(25)37-16-26(34)32-23-10-9-17(2)11-18(23)3/h5-14H,4,16H2,1-3H3,(H,32,34)(H,33,35)/b20-12+. The van der Waals surface area contributed by atoms with Crippen LogP contribution in [0.2, 0.25) is 5.02 Å². The van der Waals surface area contributed by atoms with Crippen LogP contribution < -0.4 is 20.1 Å². The first-order valence-corrected chi connectivity index (χ1v) is 12.8. The number of anilines is 2. The summed E-state index contributed by atoms with van der Waals surface area (Å²) in [4.78, 5) is 25.2. The van der Waals surface area contributed by atoms with Gasteiger partial charge in [-0.25, -0.2) is 0 Å². The molecule has 7 nitrogen and oxygen atoms in total. The Morgan fingerprint density at radius 2 is 1.81 bits per heavy atom. The Morgan fingerprint density at radius 3 is 2.49 bits per heavy atom. The molecule has 37 heavy (non-hydrogen) atoms. The van der Waals surface area contributed by atoms with E-state index in [1.807, 2.05) is 45.0 Å². The summed E-state index contributed by atoms with van der Waals surface area (Å²) >= 11 is 8.17. The highest BCUT2D eigenvalue weighted by Crippen LogP contribution is 2.35. The van der Waals surface area contributed by atoms with Gasteiger partial charge in [0.15, 0.2) is 18.1 Å². The number of ether oxygens (including phenoxy) is 2. The Balaban J connectivity index is 1.78. The molecular weight excluding hydrogens is 605 g/mol. The zero-order chi connectivity index (χ0) is 26.9. The van der Waals surface area contributed by atoms with E-state index in [0.29, 0.717) is 37.9 Å². The molecular formula is C28H25ClIN3O4. The molecule has 0 saturated heterocycles. The number of carbonyl (C=O) groups excluding carboxylic acids is 2. The quantitative estimate of drug-likeness (QED) is 0.159. The smallest absolute Gasteiger partial charge is 0.266 e. The van der Waals surface area contributed by atoms with E-state index in [-0.39, 0.29) is 18.1 Å². The van der Waals surface area contributed by atoms with Crippen molar-refractivity contribution in [2.45, 2.75) is 20.8 Å². The maximum absolute atomic E-state index is 12.7. The van der Waals surface area contributed by atoms with E-state index in [2.05, 4.69) is 33.2 Å². The lowest BCUT2D eigenvalue weighted by atomic mass is 10.1. The maximum atomic E-state index is 12.7. The zero-order valence-corrected chi connectivity index (χ0v) is 23.4. The van der Waals surface area contributed by atoms with E-state index in [9.17, 15) is 14.9 Å². The van der Waals surface area contributed by atoms with E-state index in [1.54, 1.807) is 36.4 Å². The SMILES string of the molecule is CCOc1cc(/C=C(\C#N)C(=O)Nc2ccccc2Cl)cc(I)c1OCC(=O)Nc1ccc(C)cc1C. The summed E-state index contributed by atoms with van der Waals surface area (Å²) < 4.78 is 12.2. The molecule has 0 heterocycles. The van der Waals surface area contributed by atoms with Crippen molar-refractivity contribution >= 4 is 63.5 Å². The van der Waals surface area contributed by atoms with Crippen LogP contribution in [-0.4, -0.2) is 25.0 Å². The molecule has 3 aromatic carbocycles. The summed E-state index contributed by atoms with van der Waals surface area (Å²) in [6.07, 6.45) is 1.45. The molecule has 3 rings (SSSR count). The fourth-order valence-corrected chi connectivity index (χ4v) is 4.38. The fraction of sp³-hybridized carbons (Fsp3) is 0.179. The number of nitrogens with zero attached hydrogens (tertiary/aromatic N) is 1. The first-order chi connectivity index (χ1) is 17.7. The Kier molecular flexibility index (Phi) is 9.94. The van der Waals surface area contributed by atoms with Gasteiger partial charge in [-0.15, -0.1) is 0 Å². The van der Waals surface area contributed by atoms with Crippen molar-refractivity contribution in [2.75, 3.05) is 23.8 Å².